The van der Waals surface area contributed by atoms with E-state index in [0.717, 1.165) is 33.4 Å². The van der Waals surface area contributed by atoms with Gasteiger partial charge in [-0.25, -0.2) is 0 Å². The van der Waals surface area contributed by atoms with Crippen LogP contribution in [0.2, 0.25) is 0 Å². The third-order valence-corrected chi connectivity index (χ3v) is 5.07. The number of rotatable bonds is 4. The smallest absolute Gasteiger partial charge is 0.258 e. The minimum absolute atomic E-state index is 0.0209. The van der Waals surface area contributed by atoms with E-state index in [0.29, 0.717) is 6.42 Å². The van der Waals surface area contributed by atoms with Crippen LogP contribution in [-0.2, 0) is 4.79 Å². The number of hydrogen-bond donors (Lipinski definition) is 1. The molecule has 0 spiro atoms. The summed E-state index contributed by atoms with van der Waals surface area (Å²) in [6, 6.07) is 19.9. The lowest BCUT2D eigenvalue weighted by Gasteiger charge is -2.38. The van der Waals surface area contributed by atoms with E-state index < -0.39 is 0 Å². The molecule has 0 fully saturated rings. The fourth-order valence-electron chi connectivity index (χ4n) is 3.80. The van der Waals surface area contributed by atoms with Gasteiger partial charge in [-0.2, -0.15) is 0 Å². The van der Waals surface area contributed by atoms with Crippen LogP contribution in [0.15, 0.2) is 60.7 Å². The highest BCUT2D eigenvalue weighted by atomic mass is 16.5. The number of benzene rings is 3. The van der Waals surface area contributed by atoms with Crippen LogP contribution in [0.1, 0.15) is 37.4 Å². The van der Waals surface area contributed by atoms with Crippen molar-refractivity contribution in [1.82, 2.24) is 5.32 Å². The zero-order valence-corrected chi connectivity index (χ0v) is 16.5. The predicted octanol–water partition coefficient (Wildman–Crippen LogP) is 4.95. The minimum atomic E-state index is -0.337. The van der Waals surface area contributed by atoms with E-state index >= 15 is 0 Å². The summed E-state index contributed by atoms with van der Waals surface area (Å²) in [5.41, 5.74) is 1.84. The number of fused-ring (bicyclic) bond motifs is 2. The van der Waals surface area contributed by atoms with Gasteiger partial charge in [0.1, 0.15) is 17.1 Å². The van der Waals surface area contributed by atoms with Gasteiger partial charge >= 0.3 is 0 Å². The summed E-state index contributed by atoms with van der Waals surface area (Å²) in [6.07, 6.45) is 0.712. The summed E-state index contributed by atoms with van der Waals surface area (Å²) in [4.78, 5) is 12.6. The zero-order valence-electron chi connectivity index (χ0n) is 16.5. The van der Waals surface area contributed by atoms with Gasteiger partial charge in [0, 0.05) is 17.4 Å². The topological polar surface area (TPSA) is 47.6 Å². The number of amides is 1. The first kappa shape index (κ1) is 18.4. The molecule has 4 rings (SSSR count). The Morgan fingerprint density at radius 3 is 2.79 bits per heavy atom. The van der Waals surface area contributed by atoms with E-state index in [1.165, 1.54) is 0 Å². The molecule has 3 aromatic carbocycles. The van der Waals surface area contributed by atoms with Crippen molar-refractivity contribution < 1.29 is 14.3 Å². The van der Waals surface area contributed by atoms with Crippen LogP contribution in [0.3, 0.4) is 0 Å². The van der Waals surface area contributed by atoms with Crippen molar-refractivity contribution in [2.75, 3.05) is 6.61 Å². The first-order valence-corrected chi connectivity index (χ1v) is 9.61. The van der Waals surface area contributed by atoms with Crippen molar-refractivity contribution in [2.24, 2.45) is 0 Å². The summed E-state index contributed by atoms with van der Waals surface area (Å²) in [5, 5.41) is 5.23. The van der Waals surface area contributed by atoms with Crippen molar-refractivity contribution in [3.8, 4) is 11.5 Å². The lowest BCUT2D eigenvalue weighted by atomic mass is 9.89. The molecule has 4 heteroatoms. The van der Waals surface area contributed by atoms with E-state index in [2.05, 4.69) is 11.4 Å². The summed E-state index contributed by atoms with van der Waals surface area (Å²) in [5.74, 6) is 1.42. The predicted molar refractivity (Wildman–Crippen MR) is 111 cm³/mol. The van der Waals surface area contributed by atoms with E-state index in [4.69, 9.17) is 9.47 Å². The fraction of sp³-hybridized carbons (Fsp3) is 0.292. The van der Waals surface area contributed by atoms with Crippen LogP contribution in [0, 0.1) is 6.92 Å². The SMILES string of the molecule is Cc1ccc2c(c1)[C@@H](NC(=O)COc1cccc3ccccc13)CC(C)(C)O2. The Hall–Kier alpha value is -3.01. The van der Waals surface area contributed by atoms with Gasteiger partial charge in [0.05, 0.1) is 6.04 Å². The molecule has 1 aliphatic heterocycles. The number of carbonyl (C=O) groups is 1. The monoisotopic (exact) mass is 375 g/mol. The van der Waals surface area contributed by atoms with Crippen LogP contribution in [0.4, 0.5) is 0 Å². The van der Waals surface area contributed by atoms with Gasteiger partial charge in [0.25, 0.3) is 5.91 Å². The van der Waals surface area contributed by atoms with E-state index in [9.17, 15) is 4.79 Å². The van der Waals surface area contributed by atoms with Gasteiger partial charge in [-0.3, -0.25) is 4.79 Å². The average Bonchev–Trinajstić information content (AvgIpc) is 2.66. The second-order valence-electron chi connectivity index (χ2n) is 7.99. The Morgan fingerprint density at radius 2 is 1.93 bits per heavy atom. The maximum absolute atomic E-state index is 12.6. The maximum atomic E-state index is 12.6. The third kappa shape index (κ3) is 3.81. The van der Waals surface area contributed by atoms with Crippen LogP contribution in [0.25, 0.3) is 10.8 Å². The number of aryl methyl sites for hydroxylation is 1. The Morgan fingerprint density at radius 1 is 1.14 bits per heavy atom. The highest BCUT2D eigenvalue weighted by molar-refractivity contribution is 5.88. The Balaban J connectivity index is 1.49. The quantitative estimate of drug-likeness (QED) is 0.702. The Bertz CT molecular complexity index is 1020. The third-order valence-electron chi connectivity index (χ3n) is 5.07. The molecule has 1 atom stereocenters. The number of carbonyl (C=O) groups excluding carboxylic acids is 1. The summed E-state index contributed by atoms with van der Waals surface area (Å²) < 4.78 is 11.9. The molecule has 0 bridgehead atoms. The normalized spacial score (nSPS) is 17.5. The first-order chi connectivity index (χ1) is 13.4. The van der Waals surface area contributed by atoms with Crippen molar-refractivity contribution in [2.45, 2.75) is 38.8 Å². The number of nitrogens with one attached hydrogen (secondary N) is 1. The summed E-state index contributed by atoms with van der Waals surface area (Å²) >= 11 is 0. The standard InChI is InChI=1S/C24H25NO3/c1-16-11-12-22-19(13-16)20(14-24(2,3)28-22)25-23(26)15-27-21-10-6-8-17-7-4-5-9-18(17)21/h4-13,20H,14-15H2,1-3H3,(H,25,26)/t20-/m0/s1. The van der Waals surface area contributed by atoms with E-state index in [-0.39, 0.29) is 24.2 Å². The lowest BCUT2D eigenvalue weighted by molar-refractivity contribution is -0.124. The molecule has 28 heavy (non-hydrogen) atoms. The largest absolute Gasteiger partial charge is 0.487 e. The van der Waals surface area contributed by atoms with Gasteiger partial charge in [-0.15, -0.1) is 0 Å². The molecule has 0 saturated heterocycles. The molecule has 0 aliphatic carbocycles. The number of ether oxygens (including phenoxy) is 2. The fourth-order valence-corrected chi connectivity index (χ4v) is 3.80. The van der Waals surface area contributed by atoms with E-state index in [1.807, 2.05) is 75.4 Å². The Kier molecular flexibility index (Phi) is 4.71. The highest BCUT2D eigenvalue weighted by Crippen LogP contribution is 2.39. The molecule has 4 nitrogen and oxygen atoms in total. The molecule has 1 amide bonds. The molecular formula is C24H25NO3. The molecular weight excluding hydrogens is 350 g/mol. The summed E-state index contributed by atoms with van der Waals surface area (Å²) in [7, 11) is 0. The molecule has 0 radical (unpaired) electrons. The second kappa shape index (κ2) is 7.19. The number of hydrogen-bond acceptors (Lipinski definition) is 3. The Labute approximate surface area is 165 Å². The van der Waals surface area contributed by atoms with E-state index in [1.54, 1.807) is 0 Å². The molecule has 0 aromatic heterocycles. The van der Waals surface area contributed by atoms with Crippen LogP contribution in [0.5, 0.6) is 11.5 Å². The molecule has 3 aromatic rings. The van der Waals surface area contributed by atoms with Crippen molar-refractivity contribution in [3.63, 3.8) is 0 Å². The first-order valence-electron chi connectivity index (χ1n) is 9.61. The minimum Gasteiger partial charge on any atom is -0.487 e. The van der Waals surface area contributed by atoms with Crippen molar-refractivity contribution in [3.05, 3.63) is 71.8 Å². The van der Waals surface area contributed by atoms with Gasteiger partial charge in [-0.1, -0.05) is 54.1 Å². The van der Waals surface area contributed by atoms with Gasteiger partial charge in [0.2, 0.25) is 0 Å². The van der Waals surface area contributed by atoms with Crippen LogP contribution < -0.4 is 14.8 Å². The van der Waals surface area contributed by atoms with Gasteiger partial charge in [-0.05, 0) is 38.3 Å². The average molecular weight is 375 g/mol. The zero-order chi connectivity index (χ0) is 19.7. The highest BCUT2D eigenvalue weighted by Gasteiger charge is 2.34. The molecule has 144 valence electrons. The molecule has 0 unspecified atom stereocenters. The van der Waals surface area contributed by atoms with Gasteiger partial charge < -0.3 is 14.8 Å². The lowest BCUT2D eigenvalue weighted by Crippen LogP contribution is -2.42. The summed E-state index contributed by atoms with van der Waals surface area (Å²) in [6.45, 7) is 6.11. The van der Waals surface area contributed by atoms with Crippen LogP contribution in [-0.4, -0.2) is 18.1 Å². The maximum Gasteiger partial charge on any atom is 0.258 e. The van der Waals surface area contributed by atoms with Crippen molar-refractivity contribution >= 4 is 16.7 Å². The molecule has 0 saturated carbocycles. The van der Waals surface area contributed by atoms with Crippen LogP contribution >= 0.6 is 0 Å². The molecule has 1 aliphatic rings. The molecule has 1 N–H and O–H groups in total. The van der Waals surface area contributed by atoms with Gasteiger partial charge in [0.15, 0.2) is 6.61 Å². The van der Waals surface area contributed by atoms with Crippen molar-refractivity contribution in [1.29, 1.82) is 0 Å². The molecule has 1 heterocycles. The second-order valence-corrected chi connectivity index (χ2v) is 7.99.